The number of likely N-dealkylation sites (N-methyl/N-ethyl adjacent to an activating group) is 2. The Morgan fingerprint density at radius 1 is 0.781 bits per heavy atom. The summed E-state index contributed by atoms with van der Waals surface area (Å²) in [6, 6.07) is 12.6. The van der Waals surface area contributed by atoms with E-state index < -0.39 is 42.1 Å². The molecule has 17 nitrogen and oxygen atoms in total. The zero-order chi connectivity index (χ0) is 54.5. The summed E-state index contributed by atoms with van der Waals surface area (Å²) in [5.41, 5.74) is 7.77. The third kappa shape index (κ3) is 19.2. The van der Waals surface area contributed by atoms with Gasteiger partial charge in [0.05, 0.1) is 43.2 Å². The highest BCUT2D eigenvalue weighted by atomic mass is 16.5. The van der Waals surface area contributed by atoms with Crippen LogP contribution in [0.4, 0.5) is 16.2 Å². The Morgan fingerprint density at radius 2 is 1.38 bits per heavy atom. The fourth-order valence-electron chi connectivity index (χ4n) is 10.3. The predicted octanol–water partition coefficient (Wildman–Crippen LogP) is 7.10. The summed E-state index contributed by atoms with van der Waals surface area (Å²) in [5, 5.41) is 8.45. The molecule has 9 atom stereocenters. The van der Waals surface area contributed by atoms with Crippen molar-refractivity contribution < 1.29 is 47.8 Å². The molecule has 2 aromatic rings. The van der Waals surface area contributed by atoms with Crippen LogP contribution in [-0.2, 0) is 56.0 Å². The minimum atomic E-state index is -0.587. The number of hydrogen-bond acceptors (Lipinski definition) is 12. The van der Waals surface area contributed by atoms with Gasteiger partial charge in [-0.05, 0) is 106 Å². The van der Waals surface area contributed by atoms with Gasteiger partial charge in [-0.1, -0.05) is 86.1 Å². The molecule has 2 aromatic carbocycles. The zero-order valence-electron chi connectivity index (χ0n) is 46.2. The molecule has 0 bridgehead atoms. The van der Waals surface area contributed by atoms with Crippen molar-refractivity contribution in [1.82, 2.24) is 20.0 Å². The van der Waals surface area contributed by atoms with Gasteiger partial charge in [0.1, 0.15) is 12.4 Å². The van der Waals surface area contributed by atoms with Crippen molar-refractivity contribution in [3.63, 3.8) is 0 Å². The number of nitrogens with zero attached hydrogens (tertiary/aromatic N) is 3. The second-order valence-corrected chi connectivity index (χ2v) is 20.9. The number of nitrogens with one attached hydrogen (secondary N) is 3. The highest BCUT2D eigenvalue weighted by Crippen LogP contribution is 2.30. The molecule has 0 aliphatic carbocycles. The van der Waals surface area contributed by atoms with Gasteiger partial charge in [0.2, 0.25) is 17.7 Å². The van der Waals surface area contributed by atoms with Crippen molar-refractivity contribution in [2.75, 3.05) is 65.6 Å². The number of benzene rings is 2. The van der Waals surface area contributed by atoms with Crippen LogP contribution < -0.4 is 21.7 Å². The summed E-state index contributed by atoms with van der Waals surface area (Å²) >= 11 is 0. The Bertz CT molecular complexity index is 2070. The lowest BCUT2D eigenvalue weighted by Crippen LogP contribution is -2.53. The van der Waals surface area contributed by atoms with Gasteiger partial charge in [0, 0.05) is 69.9 Å². The van der Waals surface area contributed by atoms with E-state index in [0.29, 0.717) is 49.3 Å². The molecule has 0 aromatic heterocycles. The zero-order valence-corrected chi connectivity index (χ0v) is 46.2. The number of ether oxygens (including phenoxy) is 3. The molecule has 0 saturated carbocycles. The molecular weight excluding hydrogens is 931 g/mol. The summed E-state index contributed by atoms with van der Waals surface area (Å²) in [6.07, 6.45) is 3.43. The molecular formula is C56H89N7O10. The first-order chi connectivity index (χ1) is 34.6. The Hall–Kier alpha value is -5.23. The highest BCUT2D eigenvalue weighted by molar-refractivity contribution is 5.93. The van der Waals surface area contributed by atoms with Gasteiger partial charge in [-0.15, -0.1) is 0 Å². The third-order valence-corrected chi connectivity index (χ3v) is 14.6. The molecule has 1 saturated heterocycles. The topological polar surface area (TPSA) is 219 Å². The lowest BCUT2D eigenvalue weighted by Gasteiger charge is -2.40. The van der Waals surface area contributed by atoms with Crippen LogP contribution in [0.15, 0.2) is 48.5 Å². The maximum absolute atomic E-state index is 14.3. The average Bonchev–Trinajstić information content (AvgIpc) is 3.79. The Labute approximate surface area is 435 Å². The number of ketones is 2. The van der Waals surface area contributed by atoms with Gasteiger partial charge in [-0.25, -0.2) is 4.79 Å². The quantitative estimate of drug-likeness (QED) is 0.0426. The van der Waals surface area contributed by atoms with Crippen LogP contribution in [0.3, 0.4) is 0 Å². The maximum atomic E-state index is 14.3. The SMILES string of the molecule is CC[C@@H](CCCNC(N)=O)C(=O)Nc1ccc(COC(=O)Cc2ccc(NC(=O)[C@H](C)[C@@H](OC)[C@@H]3CCCN3CC(=O)C[C@@H](OC)[C@H]([C@@H](C)CC)N(C)C(=O)[C@H](CC(=O)C(C(C)C)N(C)C)C(C)C)cc2)cc1. The largest absolute Gasteiger partial charge is 0.461 e. The van der Waals surface area contributed by atoms with Crippen molar-refractivity contribution in [3.8, 4) is 0 Å². The average molecular weight is 1020 g/mol. The smallest absolute Gasteiger partial charge is 0.312 e. The monoisotopic (exact) mass is 1020 g/mol. The van der Waals surface area contributed by atoms with E-state index in [-0.39, 0.29) is 97.5 Å². The summed E-state index contributed by atoms with van der Waals surface area (Å²) in [5.74, 6) is -2.15. The molecule has 408 valence electrons. The van der Waals surface area contributed by atoms with E-state index in [1.54, 1.807) is 74.7 Å². The molecule has 3 rings (SSSR count). The van der Waals surface area contributed by atoms with E-state index in [1.807, 2.05) is 60.5 Å². The maximum Gasteiger partial charge on any atom is 0.312 e. The molecule has 1 heterocycles. The van der Waals surface area contributed by atoms with Gasteiger partial charge in [-0.2, -0.15) is 0 Å². The van der Waals surface area contributed by atoms with Crippen molar-refractivity contribution in [1.29, 1.82) is 0 Å². The molecule has 0 spiro atoms. The first-order valence-electron chi connectivity index (χ1n) is 26.3. The molecule has 17 heteroatoms. The third-order valence-electron chi connectivity index (χ3n) is 14.6. The van der Waals surface area contributed by atoms with E-state index in [2.05, 4.69) is 34.7 Å². The number of esters is 1. The Kier molecular flexibility index (Phi) is 26.2. The second-order valence-electron chi connectivity index (χ2n) is 20.9. The van der Waals surface area contributed by atoms with Crippen LogP contribution in [-0.4, -0.2) is 141 Å². The fourth-order valence-corrected chi connectivity index (χ4v) is 10.3. The van der Waals surface area contributed by atoms with Gasteiger partial charge in [0.15, 0.2) is 5.78 Å². The molecule has 1 aliphatic rings. The molecule has 5 N–H and O–H groups in total. The number of Topliss-reactive ketones (excluding diaryl/α,β-unsaturated/α-hetero) is 2. The van der Waals surface area contributed by atoms with Crippen LogP contribution in [0, 0.1) is 35.5 Å². The fraction of sp³-hybridized carbons (Fsp3) is 0.661. The van der Waals surface area contributed by atoms with Crippen LogP contribution in [0.2, 0.25) is 0 Å². The summed E-state index contributed by atoms with van der Waals surface area (Å²) in [7, 11) is 8.73. The molecule has 73 heavy (non-hydrogen) atoms. The van der Waals surface area contributed by atoms with Crippen molar-refractivity contribution in [2.45, 2.75) is 150 Å². The number of anilines is 2. The normalized spacial score (nSPS) is 17.2. The van der Waals surface area contributed by atoms with Crippen LogP contribution in [0.1, 0.15) is 118 Å². The Morgan fingerprint density at radius 3 is 1.90 bits per heavy atom. The number of hydrogen-bond donors (Lipinski definition) is 4. The number of rotatable bonds is 32. The number of carbonyl (C=O) groups excluding carboxylic acids is 7. The van der Waals surface area contributed by atoms with Gasteiger partial charge in [0.25, 0.3) is 0 Å². The summed E-state index contributed by atoms with van der Waals surface area (Å²) in [4.78, 5) is 97.9. The number of methoxy groups -OCH3 is 2. The van der Waals surface area contributed by atoms with Gasteiger partial charge in [-0.3, -0.25) is 38.6 Å². The van der Waals surface area contributed by atoms with Crippen LogP contribution >= 0.6 is 0 Å². The lowest BCUT2D eigenvalue weighted by atomic mass is 9.83. The molecule has 1 unspecified atom stereocenters. The number of primary amides is 1. The van der Waals surface area contributed by atoms with E-state index in [0.717, 1.165) is 24.8 Å². The van der Waals surface area contributed by atoms with E-state index in [4.69, 9.17) is 19.9 Å². The molecule has 5 amide bonds. The second kappa shape index (κ2) is 30.8. The van der Waals surface area contributed by atoms with E-state index in [1.165, 1.54) is 0 Å². The van der Waals surface area contributed by atoms with E-state index in [9.17, 15) is 33.6 Å². The number of amides is 5. The minimum Gasteiger partial charge on any atom is -0.461 e. The predicted molar refractivity (Wildman–Crippen MR) is 285 cm³/mol. The van der Waals surface area contributed by atoms with Gasteiger partial charge >= 0.3 is 12.0 Å². The molecule has 1 aliphatic heterocycles. The number of urea groups is 1. The first-order valence-corrected chi connectivity index (χ1v) is 26.3. The van der Waals surface area contributed by atoms with E-state index >= 15 is 0 Å². The van der Waals surface area contributed by atoms with Crippen molar-refractivity contribution >= 4 is 52.7 Å². The van der Waals surface area contributed by atoms with Crippen LogP contribution in [0.5, 0.6) is 0 Å². The van der Waals surface area contributed by atoms with Crippen molar-refractivity contribution in [2.24, 2.45) is 41.2 Å². The Balaban J connectivity index is 1.56. The van der Waals surface area contributed by atoms with Crippen LogP contribution in [0.25, 0.3) is 0 Å². The number of nitrogens with two attached hydrogens (primary N) is 1. The minimum absolute atomic E-state index is 0.00725. The van der Waals surface area contributed by atoms with Crippen molar-refractivity contribution in [3.05, 3.63) is 59.7 Å². The first kappa shape index (κ1) is 62.1. The number of likely N-dealkylation sites (tertiary alicyclic amines) is 1. The highest BCUT2D eigenvalue weighted by Gasteiger charge is 2.41. The summed E-state index contributed by atoms with van der Waals surface area (Å²) in [6.45, 7) is 17.2. The molecule has 0 radical (unpaired) electrons. The summed E-state index contributed by atoms with van der Waals surface area (Å²) < 4.78 is 17.6. The standard InChI is InChI=1S/C56H89N7O10/c1-14-37(7)51(62(11)55(69)45(35(3)4)32-47(65)50(36(5)6)61(9)10)48(71-12)31-44(64)33-63-29-17-19-46(63)52(72-13)38(8)53(67)59-42-24-20-39(21-25-42)30-49(66)73-34-40-22-26-43(27-23-40)60-54(68)41(15-2)18-16-28-58-56(57)70/h20-27,35-38,41,45-46,48,50-52H,14-19,28-34H2,1-13H3,(H,59,67)(H,60,68)(H3,57,58,70)/t37-,38+,41-,45+,46-,48+,50?,51-,52+/m0/s1. The lowest BCUT2D eigenvalue weighted by molar-refractivity contribution is -0.146. The number of carbonyl (C=O) groups is 7. The molecule has 1 fully saturated rings. The van der Waals surface area contributed by atoms with Gasteiger partial charge < -0.3 is 40.8 Å².